The van der Waals surface area contributed by atoms with Crippen LogP contribution in [0.25, 0.3) is 10.9 Å². The molecule has 1 unspecified atom stereocenters. The van der Waals surface area contributed by atoms with E-state index in [1.165, 1.54) is 29.7 Å². The second-order valence-corrected chi connectivity index (χ2v) is 6.61. The maximum absolute atomic E-state index is 4.09. The molecule has 0 aliphatic carbocycles. The zero-order valence-corrected chi connectivity index (χ0v) is 14.1. The Labute approximate surface area is 142 Å². The Hall–Kier alpha value is -2.33. The van der Waals surface area contributed by atoms with Crippen LogP contribution in [-0.2, 0) is 6.42 Å². The smallest absolute Gasteiger partial charge is 0.0653 e. The molecule has 1 aliphatic rings. The maximum atomic E-state index is 4.09. The first-order chi connectivity index (χ1) is 11.8. The van der Waals surface area contributed by atoms with E-state index < -0.39 is 0 Å². The number of hydrogen-bond acceptors (Lipinski definition) is 3. The largest absolute Gasteiger partial charge is 0.370 e. The fourth-order valence-electron chi connectivity index (χ4n) is 3.60. The monoisotopic (exact) mass is 320 g/mol. The minimum absolute atomic E-state index is 0.331. The van der Waals surface area contributed by atoms with Gasteiger partial charge in [-0.2, -0.15) is 5.10 Å². The van der Waals surface area contributed by atoms with Gasteiger partial charge in [0.05, 0.1) is 11.7 Å². The minimum Gasteiger partial charge on any atom is -0.370 e. The van der Waals surface area contributed by atoms with Crippen LogP contribution >= 0.6 is 0 Å². The quantitative estimate of drug-likeness (QED) is 0.754. The summed E-state index contributed by atoms with van der Waals surface area (Å²) in [6.45, 7) is 5.42. The number of benzene rings is 2. The molecular weight excluding hydrogens is 296 g/mol. The lowest BCUT2D eigenvalue weighted by Gasteiger charge is -2.31. The molecule has 4 rings (SSSR count). The van der Waals surface area contributed by atoms with Crippen LogP contribution in [0.15, 0.2) is 48.7 Å². The van der Waals surface area contributed by atoms with Crippen molar-refractivity contribution < 1.29 is 0 Å². The number of H-pyrrole nitrogens is 1. The molecule has 1 aliphatic heterocycles. The van der Waals surface area contributed by atoms with Gasteiger partial charge in [0.2, 0.25) is 0 Å². The van der Waals surface area contributed by atoms with Crippen LogP contribution in [0.5, 0.6) is 0 Å². The Kier molecular flexibility index (Phi) is 4.22. The summed E-state index contributed by atoms with van der Waals surface area (Å²) in [4.78, 5) is 2.51. The molecule has 0 saturated heterocycles. The number of para-hydroxylation sites is 1. The van der Waals surface area contributed by atoms with E-state index in [0.29, 0.717) is 6.04 Å². The summed E-state index contributed by atoms with van der Waals surface area (Å²) in [6, 6.07) is 15.6. The molecule has 0 radical (unpaired) electrons. The second kappa shape index (κ2) is 6.65. The Morgan fingerprint density at radius 3 is 3.12 bits per heavy atom. The predicted octanol–water partition coefficient (Wildman–Crippen LogP) is 3.67. The van der Waals surface area contributed by atoms with Crippen molar-refractivity contribution in [2.75, 3.05) is 24.5 Å². The Bertz CT molecular complexity index is 823. The van der Waals surface area contributed by atoms with E-state index in [4.69, 9.17) is 0 Å². The van der Waals surface area contributed by atoms with Crippen LogP contribution in [0, 0.1) is 0 Å². The van der Waals surface area contributed by atoms with E-state index in [2.05, 4.69) is 69.8 Å². The SMILES string of the molecule is CC(NCCN1CCCc2ccccc21)c1ccc2cn[nH]c2c1. The molecule has 1 atom stereocenters. The number of nitrogens with one attached hydrogen (secondary N) is 2. The molecule has 3 aromatic rings. The van der Waals surface area contributed by atoms with E-state index in [1.54, 1.807) is 0 Å². The molecule has 4 nitrogen and oxygen atoms in total. The average Bonchev–Trinajstić information content (AvgIpc) is 3.09. The third kappa shape index (κ3) is 3.02. The number of aromatic nitrogens is 2. The first-order valence-electron chi connectivity index (χ1n) is 8.80. The van der Waals surface area contributed by atoms with Gasteiger partial charge in [-0.05, 0) is 43.0 Å². The highest BCUT2D eigenvalue weighted by molar-refractivity contribution is 5.78. The maximum Gasteiger partial charge on any atom is 0.0653 e. The normalized spacial score (nSPS) is 15.5. The predicted molar refractivity (Wildman–Crippen MR) is 99.5 cm³/mol. The van der Waals surface area contributed by atoms with Crippen LogP contribution in [0.2, 0.25) is 0 Å². The number of fused-ring (bicyclic) bond motifs is 2. The van der Waals surface area contributed by atoms with Crippen LogP contribution in [0.1, 0.15) is 30.5 Å². The van der Waals surface area contributed by atoms with E-state index >= 15 is 0 Å². The molecule has 2 heterocycles. The first-order valence-corrected chi connectivity index (χ1v) is 8.80. The summed E-state index contributed by atoms with van der Waals surface area (Å²) in [5.41, 5.74) is 5.30. The van der Waals surface area contributed by atoms with Gasteiger partial charge in [-0.15, -0.1) is 0 Å². The molecule has 24 heavy (non-hydrogen) atoms. The van der Waals surface area contributed by atoms with Gasteiger partial charge >= 0.3 is 0 Å². The summed E-state index contributed by atoms with van der Waals surface area (Å²) in [7, 11) is 0. The van der Waals surface area contributed by atoms with Crippen molar-refractivity contribution in [3.63, 3.8) is 0 Å². The van der Waals surface area contributed by atoms with Gasteiger partial charge in [0.1, 0.15) is 0 Å². The van der Waals surface area contributed by atoms with Gasteiger partial charge in [0.15, 0.2) is 0 Å². The second-order valence-electron chi connectivity index (χ2n) is 6.61. The average molecular weight is 320 g/mol. The molecule has 124 valence electrons. The fraction of sp³-hybridized carbons (Fsp3) is 0.350. The van der Waals surface area contributed by atoms with Crippen molar-refractivity contribution >= 4 is 16.6 Å². The van der Waals surface area contributed by atoms with Crippen molar-refractivity contribution in [1.82, 2.24) is 15.5 Å². The number of anilines is 1. The zero-order valence-electron chi connectivity index (χ0n) is 14.1. The van der Waals surface area contributed by atoms with Crippen LogP contribution in [0.4, 0.5) is 5.69 Å². The number of hydrogen-bond donors (Lipinski definition) is 2. The van der Waals surface area contributed by atoms with Crippen molar-refractivity contribution in [3.8, 4) is 0 Å². The van der Waals surface area contributed by atoms with Crippen molar-refractivity contribution in [2.45, 2.75) is 25.8 Å². The molecule has 0 bridgehead atoms. The van der Waals surface area contributed by atoms with Crippen LogP contribution < -0.4 is 10.2 Å². The lowest BCUT2D eigenvalue weighted by Crippen LogP contribution is -2.36. The number of aromatic amines is 1. The highest BCUT2D eigenvalue weighted by atomic mass is 15.2. The van der Waals surface area contributed by atoms with Gasteiger partial charge in [-0.1, -0.05) is 30.3 Å². The van der Waals surface area contributed by atoms with E-state index in [1.807, 2.05) is 6.20 Å². The van der Waals surface area contributed by atoms with E-state index in [0.717, 1.165) is 30.5 Å². The molecule has 0 fully saturated rings. The minimum atomic E-state index is 0.331. The summed E-state index contributed by atoms with van der Waals surface area (Å²) < 4.78 is 0. The third-order valence-electron chi connectivity index (χ3n) is 5.00. The van der Waals surface area contributed by atoms with E-state index in [-0.39, 0.29) is 0 Å². The Balaban J connectivity index is 1.37. The molecule has 0 saturated carbocycles. The highest BCUT2D eigenvalue weighted by Crippen LogP contribution is 2.26. The van der Waals surface area contributed by atoms with Gasteiger partial charge in [0, 0.05) is 36.7 Å². The molecule has 1 aromatic heterocycles. The van der Waals surface area contributed by atoms with E-state index in [9.17, 15) is 0 Å². The number of rotatable bonds is 5. The summed E-state index contributed by atoms with van der Waals surface area (Å²) in [5.74, 6) is 0. The molecule has 4 heteroatoms. The van der Waals surface area contributed by atoms with Crippen LogP contribution in [0.3, 0.4) is 0 Å². The third-order valence-corrected chi connectivity index (χ3v) is 5.00. The molecular formula is C20H24N4. The van der Waals surface area contributed by atoms with Gasteiger partial charge in [-0.25, -0.2) is 0 Å². The van der Waals surface area contributed by atoms with Crippen molar-refractivity contribution in [2.24, 2.45) is 0 Å². The summed E-state index contributed by atoms with van der Waals surface area (Å²) >= 11 is 0. The van der Waals surface area contributed by atoms with Gasteiger partial charge in [0.25, 0.3) is 0 Å². The topological polar surface area (TPSA) is 44.0 Å². The number of nitrogens with zero attached hydrogens (tertiary/aromatic N) is 2. The standard InChI is InChI=1S/C20H24N4/c1-15(17-8-9-18-14-22-23-19(18)13-17)21-10-12-24-11-4-6-16-5-2-3-7-20(16)24/h2-3,5,7-9,13-15,21H,4,6,10-12H2,1H3,(H,22,23). The summed E-state index contributed by atoms with van der Waals surface area (Å²) in [5, 5.41) is 12.0. The number of aryl methyl sites for hydroxylation is 1. The molecule has 0 spiro atoms. The molecule has 2 aromatic carbocycles. The van der Waals surface area contributed by atoms with Crippen LogP contribution in [-0.4, -0.2) is 29.8 Å². The molecule has 0 amide bonds. The summed E-state index contributed by atoms with van der Waals surface area (Å²) in [6.07, 6.45) is 4.33. The lowest BCUT2D eigenvalue weighted by molar-refractivity contribution is 0.561. The van der Waals surface area contributed by atoms with Gasteiger partial charge in [-0.3, -0.25) is 5.10 Å². The zero-order chi connectivity index (χ0) is 16.4. The Morgan fingerprint density at radius 2 is 2.17 bits per heavy atom. The van der Waals surface area contributed by atoms with Crippen molar-refractivity contribution in [1.29, 1.82) is 0 Å². The lowest BCUT2D eigenvalue weighted by atomic mass is 10.0. The highest BCUT2D eigenvalue weighted by Gasteiger charge is 2.16. The van der Waals surface area contributed by atoms with Crippen molar-refractivity contribution in [3.05, 3.63) is 59.8 Å². The van der Waals surface area contributed by atoms with Gasteiger partial charge < -0.3 is 10.2 Å². The first kappa shape index (κ1) is 15.2. The Morgan fingerprint density at radius 1 is 1.25 bits per heavy atom. The molecule has 2 N–H and O–H groups in total. The fourth-order valence-corrected chi connectivity index (χ4v) is 3.60.